The molecule has 1 rings (SSSR count). The second-order valence-corrected chi connectivity index (χ2v) is 3.58. The Kier molecular flexibility index (Phi) is 5.20. The zero-order valence-electron chi connectivity index (χ0n) is 9.96. The Morgan fingerprint density at radius 3 is 2.29 bits per heavy atom. The monoisotopic (exact) mass is 236 g/mol. The van der Waals surface area contributed by atoms with Crippen LogP contribution < -0.4 is 0 Å². The number of allylic oxidation sites excluding steroid dienone is 6. The summed E-state index contributed by atoms with van der Waals surface area (Å²) >= 11 is 0. The number of carbonyl (C=O) groups excluding carboxylic acids is 2. The first kappa shape index (κ1) is 13.2. The van der Waals surface area contributed by atoms with Crippen molar-refractivity contribution in [2.24, 2.45) is 11.8 Å². The summed E-state index contributed by atoms with van der Waals surface area (Å²) in [5, 5.41) is 0. The summed E-state index contributed by atoms with van der Waals surface area (Å²) in [7, 11) is 2.52. The number of carbonyl (C=O) groups is 2. The van der Waals surface area contributed by atoms with Crippen LogP contribution in [-0.2, 0) is 19.1 Å². The molecular formula is C13H16O4. The van der Waals surface area contributed by atoms with Crippen molar-refractivity contribution in [2.75, 3.05) is 14.2 Å². The van der Waals surface area contributed by atoms with Gasteiger partial charge in [-0.25, -0.2) is 0 Å². The molecule has 0 N–H and O–H groups in total. The standard InChI is InChI=1S/C13H16O4/c1-16-12(14)11(13(15)17-2)10-8-6-4-3-5-7-9-10/h3-4,6-11H,5H2,1-2H3/b4-3-,8-6-,9-7-. The first-order chi connectivity index (χ1) is 8.20. The number of methoxy groups -OCH3 is 2. The highest BCUT2D eigenvalue weighted by Crippen LogP contribution is 2.20. The van der Waals surface area contributed by atoms with Crippen LogP contribution >= 0.6 is 0 Å². The molecular weight excluding hydrogens is 220 g/mol. The van der Waals surface area contributed by atoms with Gasteiger partial charge in [-0.2, -0.15) is 0 Å². The fraction of sp³-hybridized carbons (Fsp3) is 0.385. The van der Waals surface area contributed by atoms with Crippen LogP contribution in [0.2, 0.25) is 0 Å². The highest BCUT2D eigenvalue weighted by molar-refractivity contribution is 5.95. The van der Waals surface area contributed by atoms with E-state index in [1.165, 1.54) is 14.2 Å². The Bertz CT molecular complexity index is 350. The van der Waals surface area contributed by atoms with Crippen molar-refractivity contribution in [1.82, 2.24) is 0 Å². The number of hydrogen-bond donors (Lipinski definition) is 0. The highest BCUT2D eigenvalue weighted by atomic mass is 16.5. The van der Waals surface area contributed by atoms with Gasteiger partial charge in [-0.15, -0.1) is 0 Å². The highest BCUT2D eigenvalue weighted by Gasteiger charge is 2.34. The van der Waals surface area contributed by atoms with Gasteiger partial charge in [0, 0.05) is 5.92 Å². The van der Waals surface area contributed by atoms with Gasteiger partial charge in [0.1, 0.15) is 0 Å². The summed E-state index contributed by atoms with van der Waals surface area (Å²) in [5.41, 5.74) is 0. The first-order valence-electron chi connectivity index (χ1n) is 5.36. The third-order valence-corrected chi connectivity index (χ3v) is 2.51. The molecule has 0 aliphatic heterocycles. The predicted octanol–water partition coefficient (Wildman–Crippen LogP) is 1.64. The molecule has 4 heteroatoms. The molecule has 1 aliphatic rings. The van der Waals surface area contributed by atoms with E-state index in [4.69, 9.17) is 0 Å². The maximum atomic E-state index is 11.6. The summed E-state index contributed by atoms with van der Waals surface area (Å²) in [6.45, 7) is 0. The van der Waals surface area contributed by atoms with Crippen LogP contribution in [0, 0.1) is 11.8 Å². The SMILES string of the molecule is COC(=O)C(C(=O)OC)C1/C=C\C=C/C/C=C\1. The Morgan fingerprint density at radius 2 is 1.71 bits per heavy atom. The molecule has 0 saturated heterocycles. The normalized spacial score (nSPS) is 24.3. The summed E-state index contributed by atoms with van der Waals surface area (Å²) in [4.78, 5) is 23.2. The van der Waals surface area contributed by atoms with E-state index < -0.39 is 17.9 Å². The largest absolute Gasteiger partial charge is 0.468 e. The average molecular weight is 236 g/mol. The van der Waals surface area contributed by atoms with Gasteiger partial charge in [-0.3, -0.25) is 9.59 Å². The zero-order chi connectivity index (χ0) is 12.7. The number of esters is 2. The molecule has 1 atom stereocenters. The van der Waals surface area contributed by atoms with E-state index >= 15 is 0 Å². The second-order valence-electron chi connectivity index (χ2n) is 3.58. The minimum absolute atomic E-state index is 0.333. The number of hydrogen-bond acceptors (Lipinski definition) is 4. The molecule has 0 saturated carbocycles. The van der Waals surface area contributed by atoms with Crippen LogP contribution in [0.15, 0.2) is 36.5 Å². The first-order valence-corrected chi connectivity index (χ1v) is 5.36. The van der Waals surface area contributed by atoms with Crippen LogP contribution in [0.5, 0.6) is 0 Å². The maximum absolute atomic E-state index is 11.6. The molecule has 0 fully saturated rings. The average Bonchev–Trinajstić information content (AvgIpc) is 2.31. The van der Waals surface area contributed by atoms with E-state index in [-0.39, 0.29) is 5.92 Å². The van der Waals surface area contributed by atoms with E-state index in [0.717, 1.165) is 6.42 Å². The molecule has 17 heavy (non-hydrogen) atoms. The van der Waals surface area contributed by atoms with E-state index in [0.29, 0.717) is 0 Å². The minimum Gasteiger partial charge on any atom is -0.468 e. The van der Waals surface area contributed by atoms with Crippen LogP contribution in [0.25, 0.3) is 0 Å². The van der Waals surface area contributed by atoms with Crippen molar-refractivity contribution in [1.29, 1.82) is 0 Å². The van der Waals surface area contributed by atoms with Gasteiger partial charge < -0.3 is 9.47 Å². The smallest absolute Gasteiger partial charge is 0.320 e. The third-order valence-electron chi connectivity index (χ3n) is 2.51. The predicted molar refractivity (Wildman–Crippen MR) is 63.0 cm³/mol. The lowest BCUT2D eigenvalue weighted by molar-refractivity contribution is -0.159. The van der Waals surface area contributed by atoms with Crippen molar-refractivity contribution < 1.29 is 19.1 Å². The van der Waals surface area contributed by atoms with Gasteiger partial charge in [0.2, 0.25) is 0 Å². The van der Waals surface area contributed by atoms with E-state index in [2.05, 4.69) is 9.47 Å². The molecule has 0 spiro atoms. The third kappa shape index (κ3) is 3.59. The molecule has 0 aromatic carbocycles. The lowest BCUT2D eigenvalue weighted by Crippen LogP contribution is -2.32. The van der Waals surface area contributed by atoms with Crippen LogP contribution in [0.1, 0.15) is 6.42 Å². The number of ether oxygens (including phenoxy) is 2. The Hall–Kier alpha value is -1.84. The molecule has 92 valence electrons. The van der Waals surface area contributed by atoms with Crippen molar-refractivity contribution in [3.63, 3.8) is 0 Å². The van der Waals surface area contributed by atoms with E-state index in [9.17, 15) is 9.59 Å². The van der Waals surface area contributed by atoms with Crippen LogP contribution in [0.3, 0.4) is 0 Å². The van der Waals surface area contributed by atoms with Gasteiger partial charge >= 0.3 is 11.9 Å². The van der Waals surface area contributed by atoms with Crippen molar-refractivity contribution in [2.45, 2.75) is 6.42 Å². The summed E-state index contributed by atoms with van der Waals surface area (Å²) < 4.78 is 9.27. The molecule has 0 bridgehead atoms. The number of rotatable bonds is 3. The van der Waals surface area contributed by atoms with Crippen LogP contribution in [-0.4, -0.2) is 26.2 Å². The Balaban J connectivity index is 2.96. The second kappa shape index (κ2) is 6.68. The van der Waals surface area contributed by atoms with E-state index in [1.807, 2.05) is 30.4 Å². The van der Waals surface area contributed by atoms with Gasteiger partial charge in [0.25, 0.3) is 0 Å². The lowest BCUT2D eigenvalue weighted by atomic mass is 9.90. The molecule has 1 aliphatic carbocycles. The molecule has 1 unspecified atom stereocenters. The summed E-state index contributed by atoms with van der Waals surface area (Å²) in [5.74, 6) is -2.44. The summed E-state index contributed by atoms with van der Waals surface area (Å²) in [6, 6.07) is 0. The molecule has 4 nitrogen and oxygen atoms in total. The van der Waals surface area contributed by atoms with Crippen molar-refractivity contribution in [3.8, 4) is 0 Å². The fourth-order valence-electron chi connectivity index (χ4n) is 1.61. The fourth-order valence-corrected chi connectivity index (χ4v) is 1.61. The molecule has 0 aromatic heterocycles. The molecule has 0 aromatic rings. The Labute approximate surface area is 101 Å². The van der Waals surface area contributed by atoms with Gasteiger partial charge in [0.05, 0.1) is 14.2 Å². The van der Waals surface area contributed by atoms with Crippen LogP contribution in [0.4, 0.5) is 0 Å². The van der Waals surface area contributed by atoms with Gasteiger partial charge in [-0.05, 0) is 6.42 Å². The van der Waals surface area contributed by atoms with E-state index in [1.54, 1.807) is 6.08 Å². The lowest BCUT2D eigenvalue weighted by Gasteiger charge is -2.17. The summed E-state index contributed by atoms with van der Waals surface area (Å²) in [6.07, 6.45) is 12.0. The minimum atomic E-state index is -0.941. The van der Waals surface area contributed by atoms with Gasteiger partial charge in [-0.1, -0.05) is 36.5 Å². The van der Waals surface area contributed by atoms with Crippen molar-refractivity contribution >= 4 is 11.9 Å². The van der Waals surface area contributed by atoms with Crippen molar-refractivity contribution in [3.05, 3.63) is 36.5 Å². The quantitative estimate of drug-likeness (QED) is 0.424. The zero-order valence-corrected chi connectivity index (χ0v) is 9.96. The molecule has 0 heterocycles. The van der Waals surface area contributed by atoms with Gasteiger partial charge in [0.15, 0.2) is 5.92 Å². The topological polar surface area (TPSA) is 52.6 Å². The maximum Gasteiger partial charge on any atom is 0.320 e. The molecule has 0 radical (unpaired) electrons. The molecule has 0 amide bonds. The Morgan fingerprint density at radius 1 is 1.06 bits per heavy atom.